The van der Waals surface area contributed by atoms with Gasteiger partial charge in [0.1, 0.15) is 22.8 Å². The molecule has 0 aromatic heterocycles. The van der Waals surface area contributed by atoms with Crippen molar-refractivity contribution >= 4 is 40.1 Å². The number of carbonyl (C=O) groups excluding carboxylic acids is 3. The zero-order valence-electron chi connectivity index (χ0n) is 17.6. The number of primary amides is 1. The summed E-state index contributed by atoms with van der Waals surface area (Å²) in [6, 6.07) is 2.04. The summed E-state index contributed by atoms with van der Waals surface area (Å²) in [4.78, 5) is 40.2. The van der Waals surface area contributed by atoms with Gasteiger partial charge in [-0.15, -0.1) is 0 Å². The highest BCUT2D eigenvalue weighted by Crippen LogP contribution is 2.57. The molecular weight excluding hydrogens is 531 g/mol. The van der Waals surface area contributed by atoms with E-state index in [-0.39, 0.29) is 29.7 Å². The summed E-state index contributed by atoms with van der Waals surface area (Å²) in [6.45, 7) is 1.74. The maximum absolute atomic E-state index is 13.5. The molecule has 4 rings (SSSR count). The van der Waals surface area contributed by atoms with Crippen molar-refractivity contribution in [2.75, 3.05) is 14.1 Å². The molecule has 0 radical (unpaired) electrons. The molecule has 32 heavy (non-hydrogen) atoms. The van der Waals surface area contributed by atoms with Crippen molar-refractivity contribution in [2.24, 2.45) is 17.1 Å². The highest BCUT2D eigenvalue weighted by molar-refractivity contribution is 14.1. The highest BCUT2D eigenvalue weighted by Gasteiger charge is 2.65. The molecular formula is C22H23IN2O7. The number of amides is 1. The van der Waals surface area contributed by atoms with Gasteiger partial charge in [0.05, 0.1) is 11.6 Å². The van der Waals surface area contributed by atoms with E-state index in [0.29, 0.717) is 5.56 Å². The fraction of sp³-hybridized carbons (Fsp3) is 0.409. The normalized spacial score (nSPS) is 32.1. The Labute approximate surface area is 197 Å². The van der Waals surface area contributed by atoms with Crippen LogP contribution in [-0.2, 0) is 16.0 Å². The SMILES string of the molecule is CN(C)[C@@H]1C(O)=C(C(N)=O)C(=O)[C@@]2(O)C(O)=C3C(=O)c4c(O)ccc(I)c4C[C@@]3(C)C[C@@H]12. The van der Waals surface area contributed by atoms with E-state index in [1.54, 1.807) is 27.1 Å². The first-order valence-corrected chi connectivity index (χ1v) is 11.0. The van der Waals surface area contributed by atoms with Gasteiger partial charge >= 0.3 is 0 Å². The average molecular weight is 554 g/mol. The van der Waals surface area contributed by atoms with Crippen molar-refractivity contribution < 1.29 is 34.8 Å². The lowest BCUT2D eigenvalue weighted by Gasteiger charge is -2.53. The number of likely N-dealkylation sites (N-methyl/N-ethyl adjacent to an activating group) is 1. The van der Waals surface area contributed by atoms with E-state index in [4.69, 9.17) is 5.73 Å². The second-order valence-electron chi connectivity index (χ2n) is 9.15. The van der Waals surface area contributed by atoms with Crippen molar-refractivity contribution in [3.05, 3.63) is 49.5 Å². The average Bonchev–Trinajstić information content (AvgIpc) is 2.67. The second kappa shape index (κ2) is 7.03. The standard InChI is InChI=1S/C22H23IN2O7/c1-21-6-8-10(23)4-5-11(26)12(8)16(27)14(21)19(30)22(32)9(7-21)15(25(2)3)17(28)13(18(22)29)20(24)31/h4-5,9,15,26,28,30,32H,6-7H2,1-3H3,(H2,24,31)/t9-,15-,21-,22+/m0/s1. The molecule has 1 aromatic rings. The number of allylic oxidation sites excluding steroid dienone is 1. The molecule has 0 saturated carbocycles. The summed E-state index contributed by atoms with van der Waals surface area (Å²) < 4.78 is 0.756. The smallest absolute Gasteiger partial charge is 0.255 e. The predicted molar refractivity (Wildman–Crippen MR) is 121 cm³/mol. The minimum absolute atomic E-state index is 0.0129. The number of benzene rings is 1. The number of aliphatic hydroxyl groups excluding tert-OH is 2. The summed E-state index contributed by atoms with van der Waals surface area (Å²) >= 11 is 2.06. The molecule has 170 valence electrons. The number of hydrogen-bond donors (Lipinski definition) is 5. The molecule has 0 bridgehead atoms. The Morgan fingerprint density at radius 2 is 1.84 bits per heavy atom. The molecule has 0 aliphatic heterocycles. The third-order valence-electron chi connectivity index (χ3n) is 6.96. The van der Waals surface area contributed by atoms with Gasteiger partial charge in [-0.2, -0.15) is 0 Å². The fourth-order valence-corrected chi connectivity index (χ4v) is 6.22. The molecule has 0 heterocycles. The number of Topliss-reactive ketones (excluding diaryl/α,β-unsaturated/α-hetero) is 2. The fourth-order valence-electron chi connectivity index (χ4n) is 5.58. The van der Waals surface area contributed by atoms with Gasteiger partial charge in [0.2, 0.25) is 5.78 Å². The van der Waals surface area contributed by atoms with E-state index in [1.165, 1.54) is 11.0 Å². The Morgan fingerprint density at radius 1 is 1.22 bits per heavy atom. The molecule has 1 amide bonds. The number of carbonyl (C=O) groups is 3. The van der Waals surface area contributed by atoms with Gasteiger partial charge in [-0.3, -0.25) is 19.3 Å². The number of ketones is 2. The zero-order valence-corrected chi connectivity index (χ0v) is 19.8. The molecule has 1 aromatic carbocycles. The van der Waals surface area contributed by atoms with Crippen molar-refractivity contribution in [2.45, 2.75) is 31.4 Å². The van der Waals surface area contributed by atoms with Crippen LogP contribution in [0.5, 0.6) is 5.75 Å². The first kappa shape index (κ1) is 22.7. The third-order valence-corrected chi connectivity index (χ3v) is 7.97. The van der Waals surface area contributed by atoms with Gasteiger partial charge in [0.15, 0.2) is 11.4 Å². The Morgan fingerprint density at radius 3 is 2.41 bits per heavy atom. The number of halogens is 1. The van der Waals surface area contributed by atoms with Crippen LogP contribution in [0.25, 0.3) is 0 Å². The summed E-state index contributed by atoms with van der Waals surface area (Å²) in [6.07, 6.45) is 0.304. The van der Waals surface area contributed by atoms with Gasteiger partial charge < -0.3 is 26.2 Å². The van der Waals surface area contributed by atoms with E-state index >= 15 is 0 Å². The van der Waals surface area contributed by atoms with E-state index in [9.17, 15) is 34.8 Å². The maximum atomic E-state index is 13.5. The first-order valence-electron chi connectivity index (χ1n) is 9.93. The third kappa shape index (κ3) is 2.72. The van der Waals surface area contributed by atoms with Crippen LogP contribution in [0.1, 0.15) is 29.3 Å². The molecule has 4 atom stereocenters. The molecule has 3 aliphatic carbocycles. The van der Waals surface area contributed by atoms with Crippen LogP contribution in [0.4, 0.5) is 0 Å². The number of hydrogen-bond acceptors (Lipinski definition) is 8. The Bertz CT molecular complexity index is 1170. The lowest BCUT2D eigenvalue weighted by Crippen LogP contribution is -2.65. The van der Waals surface area contributed by atoms with Crippen LogP contribution < -0.4 is 5.73 Å². The lowest BCUT2D eigenvalue weighted by molar-refractivity contribution is -0.150. The lowest BCUT2D eigenvalue weighted by atomic mass is 9.53. The number of nitrogens with zero attached hydrogens (tertiary/aromatic N) is 1. The van der Waals surface area contributed by atoms with Crippen molar-refractivity contribution in [1.82, 2.24) is 4.90 Å². The van der Waals surface area contributed by atoms with Crippen LogP contribution in [0, 0.1) is 14.9 Å². The van der Waals surface area contributed by atoms with Crippen LogP contribution >= 0.6 is 22.6 Å². The highest BCUT2D eigenvalue weighted by atomic mass is 127. The number of phenolic OH excluding ortho intramolecular Hbond substituents is 1. The van der Waals surface area contributed by atoms with Crippen molar-refractivity contribution in [3.63, 3.8) is 0 Å². The van der Waals surface area contributed by atoms with Crippen molar-refractivity contribution in [3.8, 4) is 5.75 Å². The van der Waals surface area contributed by atoms with E-state index < -0.39 is 57.5 Å². The molecule has 0 unspecified atom stereocenters. The van der Waals surface area contributed by atoms with Gasteiger partial charge in [-0.25, -0.2) is 0 Å². The van der Waals surface area contributed by atoms with Crippen LogP contribution in [-0.4, -0.2) is 68.5 Å². The molecule has 0 saturated heterocycles. The maximum Gasteiger partial charge on any atom is 0.255 e. The summed E-state index contributed by atoms with van der Waals surface area (Å²) in [7, 11) is 3.19. The summed E-state index contributed by atoms with van der Waals surface area (Å²) in [5.74, 6) is -5.95. The van der Waals surface area contributed by atoms with E-state index in [0.717, 1.165) is 3.57 Å². The van der Waals surface area contributed by atoms with E-state index in [1.807, 2.05) is 0 Å². The van der Waals surface area contributed by atoms with Gasteiger partial charge in [0, 0.05) is 20.5 Å². The Hall–Kier alpha value is -2.44. The molecule has 6 N–H and O–H groups in total. The van der Waals surface area contributed by atoms with Crippen molar-refractivity contribution in [1.29, 1.82) is 0 Å². The Kier molecular flexibility index (Phi) is 4.99. The second-order valence-corrected chi connectivity index (χ2v) is 10.3. The van der Waals surface area contributed by atoms with Gasteiger partial charge in [0.25, 0.3) is 5.91 Å². The number of rotatable bonds is 2. The van der Waals surface area contributed by atoms with Crippen LogP contribution in [0.15, 0.2) is 34.8 Å². The molecule has 10 heteroatoms. The number of nitrogens with two attached hydrogens (primary N) is 1. The number of fused-ring (bicyclic) bond motifs is 3. The minimum atomic E-state index is -2.63. The Balaban J connectivity index is 2.04. The number of aromatic hydroxyl groups is 1. The quantitative estimate of drug-likeness (QED) is 0.269. The minimum Gasteiger partial charge on any atom is -0.510 e. The summed E-state index contributed by atoms with van der Waals surface area (Å²) in [5, 5.41) is 44.0. The largest absolute Gasteiger partial charge is 0.510 e. The van der Waals surface area contributed by atoms with E-state index in [2.05, 4.69) is 22.6 Å². The van der Waals surface area contributed by atoms with Crippen LogP contribution in [0.2, 0.25) is 0 Å². The topological polar surface area (TPSA) is 161 Å². The molecule has 9 nitrogen and oxygen atoms in total. The van der Waals surface area contributed by atoms with Gasteiger partial charge in [-0.1, -0.05) is 6.92 Å². The van der Waals surface area contributed by atoms with Crippen LogP contribution in [0.3, 0.4) is 0 Å². The first-order chi connectivity index (χ1) is 14.8. The number of phenols is 1. The number of aliphatic hydroxyl groups is 3. The predicted octanol–water partition coefficient (Wildman–Crippen LogP) is 1.12. The molecule has 0 spiro atoms. The molecule has 3 aliphatic rings. The zero-order chi connectivity index (χ0) is 23.9. The summed E-state index contributed by atoms with van der Waals surface area (Å²) in [5.41, 5.74) is 1.32. The monoisotopic (exact) mass is 554 g/mol. The molecule has 0 fully saturated rings. The van der Waals surface area contributed by atoms with Gasteiger partial charge in [-0.05, 0) is 67.2 Å².